The monoisotopic (exact) mass is 224 g/mol. The largest absolute Gasteiger partial charge is 0.328 e. The van der Waals surface area contributed by atoms with Gasteiger partial charge in [-0.1, -0.05) is 13.8 Å². The molecule has 2 heterocycles. The molecule has 4 nitrogen and oxygen atoms in total. The van der Waals surface area contributed by atoms with Gasteiger partial charge in [0.15, 0.2) is 5.82 Å². The molecule has 0 amide bonds. The van der Waals surface area contributed by atoms with E-state index in [-0.39, 0.29) is 6.04 Å². The Morgan fingerprint density at radius 1 is 1.47 bits per heavy atom. The van der Waals surface area contributed by atoms with Crippen molar-refractivity contribution in [1.29, 1.82) is 0 Å². The van der Waals surface area contributed by atoms with Crippen LogP contribution in [0.4, 0.5) is 0 Å². The molecule has 0 bridgehead atoms. The maximum atomic E-state index is 5.78. The highest BCUT2D eigenvalue weighted by Crippen LogP contribution is 2.18. The number of nitrogens with two attached hydrogens (primary N) is 1. The van der Waals surface area contributed by atoms with Gasteiger partial charge in [-0.15, -0.1) is 11.3 Å². The Morgan fingerprint density at radius 3 is 2.80 bits per heavy atom. The van der Waals surface area contributed by atoms with Crippen LogP contribution in [0, 0.1) is 0 Å². The molecule has 0 aliphatic rings. The van der Waals surface area contributed by atoms with Gasteiger partial charge >= 0.3 is 0 Å². The van der Waals surface area contributed by atoms with Gasteiger partial charge in [-0.25, -0.2) is 9.50 Å². The molecule has 0 aliphatic carbocycles. The SMILES string of the molecule is CC(N)Cc1csc2nc(C(C)C)nn12. The lowest BCUT2D eigenvalue weighted by Gasteiger charge is -2.02. The first-order valence-electron chi connectivity index (χ1n) is 5.16. The molecule has 0 radical (unpaired) electrons. The summed E-state index contributed by atoms with van der Waals surface area (Å²) in [4.78, 5) is 5.44. The highest BCUT2D eigenvalue weighted by molar-refractivity contribution is 7.15. The van der Waals surface area contributed by atoms with Crippen molar-refractivity contribution in [3.63, 3.8) is 0 Å². The van der Waals surface area contributed by atoms with E-state index in [0.717, 1.165) is 22.9 Å². The maximum Gasteiger partial charge on any atom is 0.212 e. The molecule has 0 saturated heterocycles. The minimum absolute atomic E-state index is 0.162. The van der Waals surface area contributed by atoms with E-state index in [0.29, 0.717) is 5.92 Å². The van der Waals surface area contributed by atoms with E-state index >= 15 is 0 Å². The van der Waals surface area contributed by atoms with Gasteiger partial charge in [-0.05, 0) is 6.92 Å². The first-order valence-corrected chi connectivity index (χ1v) is 6.04. The molecular weight excluding hydrogens is 208 g/mol. The molecule has 1 unspecified atom stereocenters. The average Bonchev–Trinajstić information content (AvgIpc) is 2.66. The Morgan fingerprint density at radius 2 is 2.20 bits per heavy atom. The summed E-state index contributed by atoms with van der Waals surface area (Å²) >= 11 is 1.63. The summed E-state index contributed by atoms with van der Waals surface area (Å²) < 4.78 is 1.92. The van der Waals surface area contributed by atoms with Gasteiger partial charge in [-0.2, -0.15) is 5.10 Å². The Labute approximate surface area is 93.1 Å². The highest BCUT2D eigenvalue weighted by Gasteiger charge is 2.12. The van der Waals surface area contributed by atoms with E-state index in [9.17, 15) is 0 Å². The summed E-state index contributed by atoms with van der Waals surface area (Å²) in [6.45, 7) is 6.21. The Bertz CT molecular complexity index is 455. The first kappa shape index (κ1) is 10.6. The van der Waals surface area contributed by atoms with Crippen LogP contribution < -0.4 is 5.73 Å². The number of aromatic nitrogens is 3. The van der Waals surface area contributed by atoms with Crippen LogP contribution in [0.25, 0.3) is 4.96 Å². The number of rotatable bonds is 3. The number of hydrogen-bond acceptors (Lipinski definition) is 4. The summed E-state index contributed by atoms with van der Waals surface area (Å²) in [5, 5.41) is 6.57. The standard InChI is InChI=1S/C10H16N4S/c1-6(2)9-12-10-14(13-9)8(5-15-10)4-7(3)11/h5-7H,4,11H2,1-3H3. The van der Waals surface area contributed by atoms with E-state index < -0.39 is 0 Å². The molecule has 0 aliphatic heterocycles. The third-order valence-electron chi connectivity index (χ3n) is 2.21. The van der Waals surface area contributed by atoms with Gasteiger partial charge in [0.1, 0.15) is 0 Å². The van der Waals surface area contributed by atoms with Crippen LogP contribution >= 0.6 is 11.3 Å². The summed E-state index contributed by atoms with van der Waals surface area (Å²) in [5.74, 6) is 1.29. The van der Waals surface area contributed by atoms with E-state index in [1.54, 1.807) is 11.3 Å². The molecule has 2 N–H and O–H groups in total. The van der Waals surface area contributed by atoms with E-state index in [1.165, 1.54) is 0 Å². The third kappa shape index (κ3) is 2.03. The van der Waals surface area contributed by atoms with Crippen molar-refractivity contribution in [3.05, 3.63) is 16.9 Å². The van der Waals surface area contributed by atoms with Crippen molar-refractivity contribution in [2.45, 2.75) is 39.2 Å². The smallest absolute Gasteiger partial charge is 0.212 e. The van der Waals surface area contributed by atoms with Gasteiger partial charge in [0.25, 0.3) is 0 Å². The lowest BCUT2D eigenvalue weighted by atomic mass is 10.2. The lowest BCUT2D eigenvalue weighted by Crippen LogP contribution is -2.18. The molecular formula is C10H16N4S. The zero-order valence-corrected chi connectivity index (χ0v) is 10.1. The zero-order chi connectivity index (χ0) is 11.0. The van der Waals surface area contributed by atoms with Gasteiger partial charge in [0, 0.05) is 23.8 Å². The summed E-state index contributed by atoms with van der Waals surface area (Å²) in [6, 6.07) is 0.162. The van der Waals surface area contributed by atoms with Crippen LogP contribution in [-0.4, -0.2) is 20.6 Å². The van der Waals surface area contributed by atoms with Gasteiger partial charge in [0.05, 0.1) is 5.69 Å². The van der Waals surface area contributed by atoms with Crippen molar-refractivity contribution < 1.29 is 0 Å². The van der Waals surface area contributed by atoms with Crippen molar-refractivity contribution in [3.8, 4) is 0 Å². The van der Waals surface area contributed by atoms with Crippen LogP contribution in [0.5, 0.6) is 0 Å². The van der Waals surface area contributed by atoms with Gasteiger partial charge < -0.3 is 5.73 Å². The quantitative estimate of drug-likeness (QED) is 0.865. The summed E-state index contributed by atoms with van der Waals surface area (Å²) in [6.07, 6.45) is 0.848. The molecule has 0 saturated carbocycles. The van der Waals surface area contributed by atoms with E-state index in [2.05, 4.69) is 29.3 Å². The van der Waals surface area contributed by atoms with Crippen LogP contribution in [0.15, 0.2) is 5.38 Å². The molecule has 5 heteroatoms. The lowest BCUT2D eigenvalue weighted by molar-refractivity contribution is 0.691. The summed E-state index contributed by atoms with van der Waals surface area (Å²) in [5.41, 5.74) is 6.94. The second-order valence-electron chi connectivity index (χ2n) is 4.23. The van der Waals surface area contributed by atoms with Crippen LogP contribution in [0.3, 0.4) is 0 Å². The van der Waals surface area contributed by atoms with Crippen LogP contribution in [-0.2, 0) is 6.42 Å². The van der Waals surface area contributed by atoms with Crippen LogP contribution in [0.1, 0.15) is 38.2 Å². The zero-order valence-electron chi connectivity index (χ0n) is 9.27. The van der Waals surface area contributed by atoms with Gasteiger partial charge in [0.2, 0.25) is 4.96 Å². The Balaban J connectivity index is 2.40. The topological polar surface area (TPSA) is 56.2 Å². The van der Waals surface area contributed by atoms with Crippen molar-refractivity contribution in [1.82, 2.24) is 14.6 Å². The summed E-state index contributed by atoms with van der Waals surface area (Å²) in [7, 11) is 0. The molecule has 2 aromatic rings. The molecule has 0 aromatic carbocycles. The average molecular weight is 224 g/mol. The predicted octanol–water partition coefficient (Wildman–Crippen LogP) is 1.80. The van der Waals surface area contributed by atoms with Crippen molar-refractivity contribution >= 4 is 16.3 Å². The van der Waals surface area contributed by atoms with Crippen molar-refractivity contribution in [2.24, 2.45) is 5.73 Å². The minimum Gasteiger partial charge on any atom is -0.328 e. The van der Waals surface area contributed by atoms with Crippen molar-refractivity contribution in [2.75, 3.05) is 0 Å². The number of thiazole rings is 1. The number of hydrogen-bond donors (Lipinski definition) is 1. The molecule has 1 atom stereocenters. The number of nitrogens with zero attached hydrogens (tertiary/aromatic N) is 3. The minimum atomic E-state index is 0.162. The highest BCUT2D eigenvalue weighted by atomic mass is 32.1. The molecule has 2 aromatic heterocycles. The fourth-order valence-corrected chi connectivity index (χ4v) is 2.30. The first-order chi connectivity index (χ1) is 7.08. The molecule has 15 heavy (non-hydrogen) atoms. The Hall–Kier alpha value is -0.940. The number of fused-ring (bicyclic) bond motifs is 1. The molecule has 0 spiro atoms. The molecule has 2 rings (SSSR count). The third-order valence-corrected chi connectivity index (χ3v) is 3.08. The second kappa shape index (κ2) is 3.90. The van der Waals surface area contributed by atoms with E-state index in [1.807, 2.05) is 11.4 Å². The predicted molar refractivity (Wildman–Crippen MR) is 62.3 cm³/mol. The van der Waals surface area contributed by atoms with Gasteiger partial charge in [-0.3, -0.25) is 0 Å². The molecule has 82 valence electrons. The normalized spacial score (nSPS) is 13.9. The fourth-order valence-electron chi connectivity index (χ4n) is 1.46. The second-order valence-corrected chi connectivity index (χ2v) is 5.06. The Kier molecular flexibility index (Phi) is 2.75. The van der Waals surface area contributed by atoms with E-state index in [4.69, 9.17) is 5.73 Å². The van der Waals surface area contributed by atoms with Crippen LogP contribution in [0.2, 0.25) is 0 Å². The fraction of sp³-hybridized carbons (Fsp3) is 0.600. The molecule has 0 fully saturated rings. The maximum absolute atomic E-state index is 5.78.